The quantitative estimate of drug-likeness (QED) is 0.847. The monoisotopic (exact) mass is 312 g/mol. The molecular formula is C14H24N4O2S. The number of anilines is 1. The highest BCUT2D eigenvalue weighted by Gasteiger charge is 2.18. The molecule has 1 rings (SSSR count). The first-order valence-corrected chi connectivity index (χ1v) is 7.96. The van der Waals surface area contributed by atoms with E-state index in [9.17, 15) is 9.59 Å². The van der Waals surface area contributed by atoms with Gasteiger partial charge in [0, 0.05) is 26.0 Å². The minimum atomic E-state index is -0.254. The Balaban J connectivity index is 2.56. The van der Waals surface area contributed by atoms with E-state index in [2.05, 4.69) is 29.5 Å². The van der Waals surface area contributed by atoms with E-state index in [4.69, 9.17) is 0 Å². The number of amides is 3. The third-order valence-electron chi connectivity index (χ3n) is 3.44. The summed E-state index contributed by atoms with van der Waals surface area (Å²) in [5, 5.41) is 7.90. The number of urea groups is 1. The van der Waals surface area contributed by atoms with Crippen LogP contribution in [0.25, 0.3) is 0 Å². The molecule has 1 aromatic rings. The molecule has 0 aliphatic rings. The van der Waals surface area contributed by atoms with Gasteiger partial charge >= 0.3 is 6.03 Å². The molecule has 118 valence electrons. The molecule has 0 saturated heterocycles. The number of hydrogen-bond acceptors (Lipinski definition) is 4. The summed E-state index contributed by atoms with van der Waals surface area (Å²) >= 11 is 1.42. The smallest absolute Gasteiger partial charge is 0.323 e. The molecule has 0 bridgehead atoms. The van der Waals surface area contributed by atoms with Gasteiger partial charge in [-0.3, -0.25) is 10.1 Å². The molecule has 0 aliphatic carbocycles. The first-order valence-electron chi connectivity index (χ1n) is 7.08. The number of hydrogen-bond donors (Lipinski definition) is 2. The average molecular weight is 312 g/mol. The molecule has 0 saturated carbocycles. The molecule has 21 heavy (non-hydrogen) atoms. The Hall–Kier alpha value is -1.63. The van der Waals surface area contributed by atoms with Crippen LogP contribution in [0.4, 0.5) is 9.93 Å². The van der Waals surface area contributed by atoms with Crippen molar-refractivity contribution < 1.29 is 9.59 Å². The van der Waals surface area contributed by atoms with Gasteiger partial charge in [-0.05, 0) is 12.3 Å². The van der Waals surface area contributed by atoms with Crippen LogP contribution in [0, 0.1) is 5.92 Å². The van der Waals surface area contributed by atoms with E-state index in [1.165, 1.54) is 16.2 Å². The second kappa shape index (κ2) is 7.97. The van der Waals surface area contributed by atoms with Gasteiger partial charge in [-0.1, -0.05) is 20.8 Å². The van der Waals surface area contributed by atoms with E-state index in [1.807, 2.05) is 5.38 Å². The first-order chi connectivity index (χ1) is 9.88. The van der Waals surface area contributed by atoms with Gasteiger partial charge in [-0.2, -0.15) is 0 Å². The lowest BCUT2D eigenvalue weighted by molar-refractivity contribution is -0.124. The van der Waals surface area contributed by atoms with E-state index in [0.717, 1.165) is 12.1 Å². The highest BCUT2D eigenvalue weighted by Crippen LogP contribution is 2.24. The molecule has 0 radical (unpaired) electrons. The summed E-state index contributed by atoms with van der Waals surface area (Å²) in [6.07, 6.45) is 1.01. The number of nitrogens with zero attached hydrogens (tertiary/aromatic N) is 2. The fourth-order valence-corrected chi connectivity index (χ4v) is 2.61. The van der Waals surface area contributed by atoms with E-state index in [1.54, 1.807) is 21.0 Å². The van der Waals surface area contributed by atoms with Crippen LogP contribution in [0.5, 0.6) is 0 Å². The predicted octanol–water partition coefficient (Wildman–Crippen LogP) is 2.50. The lowest BCUT2D eigenvalue weighted by atomic mass is 10.1. The molecule has 2 N–H and O–H groups in total. The van der Waals surface area contributed by atoms with Crippen molar-refractivity contribution in [3.8, 4) is 0 Å². The molecular weight excluding hydrogens is 288 g/mol. The largest absolute Gasteiger partial charge is 0.359 e. The third kappa shape index (κ3) is 5.00. The van der Waals surface area contributed by atoms with Crippen LogP contribution in [-0.4, -0.2) is 42.5 Å². The number of nitrogens with one attached hydrogen (secondary N) is 2. The Bertz CT molecular complexity index is 489. The Morgan fingerprint density at radius 1 is 1.43 bits per heavy atom. The standard InChI is InChI=1S/C14H24N4O2S/c1-6-9(2)11-8-21-13(16-11)17-14(20)18(5)7-10(3)12(19)15-4/h8-10H,6-7H2,1-5H3,(H,15,19)(H,16,17,20)/t9-,10+/m1/s1. The van der Waals surface area contributed by atoms with E-state index >= 15 is 0 Å². The van der Waals surface area contributed by atoms with Gasteiger partial charge in [0.15, 0.2) is 5.13 Å². The molecule has 0 aliphatic heterocycles. The summed E-state index contributed by atoms with van der Waals surface area (Å²) in [6.45, 7) is 6.36. The first kappa shape index (κ1) is 17.4. The number of carbonyl (C=O) groups excluding carboxylic acids is 2. The van der Waals surface area contributed by atoms with Crippen LogP contribution in [0.15, 0.2) is 5.38 Å². The van der Waals surface area contributed by atoms with Crippen LogP contribution in [0.1, 0.15) is 38.8 Å². The Labute approximate surface area is 129 Å². The summed E-state index contributed by atoms with van der Waals surface area (Å²) in [6, 6.07) is -0.254. The fraction of sp³-hybridized carbons (Fsp3) is 0.643. The van der Waals surface area contributed by atoms with Crippen molar-refractivity contribution in [3.05, 3.63) is 11.1 Å². The maximum atomic E-state index is 12.1. The molecule has 0 aromatic carbocycles. The van der Waals surface area contributed by atoms with Gasteiger partial charge < -0.3 is 10.2 Å². The van der Waals surface area contributed by atoms with Crippen molar-refractivity contribution in [2.24, 2.45) is 5.92 Å². The van der Waals surface area contributed by atoms with Crippen LogP contribution >= 0.6 is 11.3 Å². The van der Waals surface area contributed by atoms with E-state index in [-0.39, 0.29) is 17.9 Å². The lowest BCUT2D eigenvalue weighted by Gasteiger charge is -2.20. The van der Waals surface area contributed by atoms with Crippen LogP contribution in [0.2, 0.25) is 0 Å². The molecule has 0 fully saturated rings. The molecule has 6 nitrogen and oxygen atoms in total. The summed E-state index contributed by atoms with van der Waals surface area (Å²) in [4.78, 5) is 29.4. The summed E-state index contributed by atoms with van der Waals surface area (Å²) in [5.74, 6) is 0.0542. The van der Waals surface area contributed by atoms with Crippen LogP contribution < -0.4 is 10.6 Å². The van der Waals surface area contributed by atoms with Crippen molar-refractivity contribution in [2.45, 2.75) is 33.1 Å². The molecule has 1 heterocycles. The Morgan fingerprint density at radius 2 is 2.10 bits per heavy atom. The van der Waals surface area contributed by atoms with Gasteiger partial charge in [-0.15, -0.1) is 11.3 Å². The maximum Gasteiger partial charge on any atom is 0.323 e. The fourth-order valence-electron chi connectivity index (χ4n) is 1.79. The number of aromatic nitrogens is 1. The zero-order valence-electron chi connectivity index (χ0n) is 13.3. The van der Waals surface area contributed by atoms with Crippen LogP contribution in [0.3, 0.4) is 0 Å². The van der Waals surface area contributed by atoms with Crippen molar-refractivity contribution in [3.63, 3.8) is 0 Å². The van der Waals surface area contributed by atoms with Crippen LogP contribution in [-0.2, 0) is 4.79 Å². The lowest BCUT2D eigenvalue weighted by Crippen LogP contribution is -2.39. The maximum absolute atomic E-state index is 12.1. The van der Waals surface area contributed by atoms with E-state index < -0.39 is 0 Å². The summed E-state index contributed by atoms with van der Waals surface area (Å²) in [7, 11) is 3.25. The van der Waals surface area contributed by atoms with Crippen molar-refractivity contribution >= 4 is 28.4 Å². The van der Waals surface area contributed by atoms with Gasteiger partial charge in [0.1, 0.15) is 0 Å². The number of rotatable bonds is 6. The topological polar surface area (TPSA) is 74.3 Å². The zero-order chi connectivity index (χ0) is 16.0. The highest BCUT2D eigenvalue weighted by atomic mass is 32.1. The highest BCUT2D eigenvalue weighted by molar-refractivity contribution is 7.13. The Kier molecular flexibility index (Phi) is 6.61. The molecule has 3 amide bonds. The molecule has 2 atom stereocenters. The van der Waals surface area contributed by atoms with Gasteiger partial charge in [0.2, 0.25) is 5.91 Å². The van der Waals surface area contributed by atoms with Crippen molar-refractivity contribution in [1.29, 1.82) is 0 Å². The molecule has 1 aromatic heterocycles. The molecule has 0 spiro atoms. The number of carbonyl (C=O) groups is 2. The summed E-state index contributed by atoms with van der Waals surface area (Å²) < 4.78 is 0. The minimum Gasteiger partial charge on any atom is -0.359 e. The van der Waals surface area contributed by atoms with E-state index in [0.29, 0.717) is 17.6 Å². The predicted molar refractivity (Wildman–Crippen MR) is 85.7 cm³/mol. The normalized spacial score (nSPS) is 13.4. The van der Waals surface area contributed by atoms with Crippen molar-refractivity contribution in [1.82, 2.24) is 15.2 Å². The SMILES string of the molecule is CC[C@@H](C)c1csc(NC(=O)N(C)C[C@H](C)C(=O)NC)n1. The molecule has 0 unspecified atom stereocenters. The molecule has 7 heteroatoms. The second-order valence-electron chi connectivity index (χ2n) is 5.21. The van der Waals surface area contributed by atoms with Gasteiger partial charge in [0.05, 0.1) is 11.6 Å². The van der Waals surface area contributed by atoms with Gasteiger partial charge in [0.25, 0.3) is 0 Å². The van der Waals surface area contributed by atoms with Crippen molar-refractivity contribution in [2.75, 3.05) is 26.0 Å². The minimum absolute atomic E-state index is 0.0806. The second-order valence-corrected chi connectivity index (χ2v) is 6.07. The average Bonchev–Trinajstić information content (AvgIpc) is 2.93. The number of thiazole rings is 1. The summed E-state index contributed by atoms with van der Waals surface area (Å²) in [5.41, 5.74) is 0.999. The zero-order valence-corrected chi connectivity index (χ0v) is 14.1. The Morgan fingerprint density at radius 3 is 2.67 bits per heavy atom. The third-order valence-corrected chi connectivity index (χ3v) is 4.22. The van der Waals surface area contributed by atoms with Gasteiger partial charge in [-0.25, -0.2) is 9.78 Å².